The van der Waals surface area contributed by atoms with Crippen molar-refractivity contribution in [1.82, 2.24) is 5.32 Å². The van der Waals surface area contributed by atoms with E-state index in [9.17, 15) is 5.11 Å². The first-order chi connectivity index (χ1) is 8.34. The van der Waals surface area contributed by atoms with Crippen molar-refractivity contribution in [2.24, 2.45) is 0 Å². The molecule has 1 aliphatic heterocycles. The van der Waals surface area contributed by atoms with Crippen molar-refractivity contribution in [3.8, 4) is 5.75 Å². The van der Waals surface area contributed by atoms with Crippen molar-refractivity contribution in [3.63, 3.8) is 0 Å². The summed E-state index contributed by atoms with van der Waals surface area (Å²) in [7, 11) is 0. The molecule has 1 aromatic carbocycles. The molecular weight excluding hydrogens is 210 g/mol. The van der Waals surface area contributed by atoms with E-state index >= 15 is 0 Å². The molecule has 1 unspecified atom stereocenters. The van der Waals surface area contributed by atoms with Crippen LogP contribution in [-0.4, -0.2) is 11.7 Å². The highest BCUT2D eigenvalue weighted by Crippen LogP contribution is 2.34. The molecule has 92 valence electrons. The van der Waals surface area contributed by atoms with Crippen molar-refractivity contribution in [1.29, 1.82) is 0 Å². The van der Waals surface area contributed by atoms with Crippen LogP contribution in [0.5, 0.6) is 5.75 Å². The summed E-state index contributed by atoms with van der Waals surface area (Å²) in [5.41, 5.74) is 3.98. The van der Waals surface area contributed by atoms with Crippen LogP contribution in [0.4, 0.5) is 0 Å². The van der Waals surface area contributed by atoms with E-state index in [0.717, 1.165) is 24.9 Å². The maximum absolute atomic E-state index is 10.2. The molecule has 1 aliphatic carbocycles. The highest BCUT2D eigenvalue weighted by Gasteiger charge is 2.21. The molecule has 0 spiro atoms. The van der Waals surface area contributed by atoms with Crippen LogP contribution < -0.4 is 5.32 Å². The van der Waals surface area contributed by atoms with Crippen LogP contribution >= 0.6 is 0 Å². The number of fused-ring (bicyclic) bond motifs is 1. The Kier molecular flexibility index (Phi) is 3.06. The molecular formula is C15H21NO. The molecule has 0 aromatic heterocycles. The molecule has 2 nitrogen and oxygen atoms in total. The van der Waals surface area contributed by atoms with E-state index in [1.165, 1.54) is 43.2 Å². The van der Waals surface area contributed by atoms with Crippen molar-refractivity contribution in [3.05, 3.63) is 28.8 Å². The van der Waals surface area contributed by atoms with E-state index in [4.69, 9.17) is 0 Å². The maximum Gasteiger partial charge on any atom is 0.120 e. The average molecular weight is 231 g/mol. The largest absolute Gasteiger partial charge is 0.508 e. The van der Waals surface area contributed by atoms with Crippen LogP contribution in [0.3, 0.4) is 0 Å². The van der Waals surface area contributed by atoms with Gasteiger partial charge in [-0.2, -0.15) is 0 Å². The molecule has 2 N–H and O–H groups in total. The first kappa shape index (κ1) is 11.1. The summed E-state index contributed by atoms with van der Waals surface area (Å²) in [5, 5.41) is 13.7. The summed E-state index contributed by atoms with van der Waals surface area (Å²) >= 11 is 0. The van der Waals surface area contributed by atoms with Crippen LogP contribution in [0.2, 0.25) is 0 Å². The zero-order valence-electron chi connectivity index (χ0n) is 10.3. The van der Waals surface area contributed by atoms with E-state index in [2.05, 4.69) is 11.4 Å². The lowest BCUT2D eigenvalue weighted by atomic mass is 9.95. The number of hydrogen-bond acceptors (Lipinski definition) is 2. The average Bonchev–Trinajstić information content (AvgIpc) is 2.75. The Balaban J connectivity index is 1.96. The van der Waals surface area contributed by atoms with Crippen LogP contribution in [-0.2, 0) is 12.8 Å². The van der Waals surface area contributed by atoms with E-state index in [1.807, 2.05) is 6.07 Å². The number of phenolic OH excluding ortho intramolecular Hbond substituents is 1. The maximum atomic E-state index is 10.2. The molecule has 1 fully saturated rings. The topological polar surface area (TPSA) is 32.3 Å². The zero-order chi connectivity index (χ0) is 11.7. The van der Waals surface area contributed by atoms with Gasteiger partial charge in [-0.3, -0.25) is 0 Å². The molecule has 2 heteroatoms. The van der Waals surface area contributed by atoms with Crippen molar-refractivity contribution >= 4 is 0 Å². The highest BCUT2D eigenvalue weighted by atomic mass is 16.3. The first-order valence-electron chi connectivity index (χ1n) is 6.92. The number of benzene rings is 1. The molecule has 0 amide bonds. The van der Waals surface area contributed by atoms with E-state index in [0.29, 0.717) is 11.8 Å². The van der Waals surface area contributed by atoms with Gasteiger partial charge in [-0.1, -0.05) is 12.5 Å². The highest BCUT2D eigenvalue weighted by molar-refractivity contribution is 5.44. The summed E-state index contributed by atoms with van der Waals surface area (Å²) in [6.07, 6.45) is 8.61. The van der Waals surface area contributed by atoms with Crippen LogP contribution in [0.15, 0.2) is 12.1 Å². The van der Waals surface area contributed by atoms with Crippen molar-refractivity contribution < 1.29 is 5.11 Å². The van der Waals surface area contributed by atoms with Crippen molar-refractivity contribution in [2.75, 3.05) is 6.54 Å². The van der Waals surface area contributed by atoms with Crippen molar-refractivity contribution in [2.45, 2.75) is 51.0 Å². The predicted molar refractivity (Wildman–Crippen MR) is 69.3 cm³/mol. The normalized spacial score (nSPS) is 24.4. The molecule has 1 atom stereocenters. The van der Waals surface area contributed by atoms with Crippen LogP contribution in [0.1, 0.15) is 54.8 Å². The Morgan fingerprint density at radius 1 is 1.00 bits per heavy atom. The van der Waals surface area contributed by atoms with Gasteiger partial charge in [-0.15, -0.1) is 0 Å². The number of phenols is 1. The monoisotopic (exact) mass is 231 g/mol. The lowest BCUT2D eigenvalue weighted by Gasteiger charge is -2.16. The summed E-state index contributed by atoms with van der Waals surface area (Å²) in [4.78, 5) is 0. The summed E-state index contributed by atoms with van der Waals surface area (Å²) < 4.78 is 0. The molecule has 1 heterocycles. The lowest BCUT2D eigenvalue weighted by Crippen LogP contribution is -2.13. The SMILES string of the molecule is Oc1cc2c(cc1C1CCCN1)CCCCC2. The standard InChI is InChI=1S/C15H21NO/c17-15-10-12-6-3-1-2-5-11(12)9-13(15)14-7-4-8-16-14/h9-10,14,16-17H,1-8H2. The van der Waals surface area contributed by atoms with Gasteiger partial charge in [0.25, 0.3) is 0 Å². The third kappa shape index (κ3) is 2.19. The number of hydrogen-bond donors (Lipinski definition) is 2. The Hall–Kier alpha value is -1.02. The zero-order valence-corrected chi connectivity index (χ0v) is 10.3. The van der Waals surface area contributed by atoms with E-state index < -0.39 is 0 Å². The minimum Gasteiger partial charge on any atom is -0.508 e. The van der Waals surface area contributed by atoms with Gasteiger partial charge in [0.05, 0.1) is 0 Å². The fourth-order valence-corrected chi connectivity index (χ4v) is 3.20. The summed E-state index contributed by atoms with van der Waals surface area (Å²) in [6.45, 7) is 1.08. The van der Waals surface area contributed by atoms with Gasteiger partial charge in [-0.25, -0.2) is 0 Å². The van der Waals surface area contributed by atoms with Gasteiger partial charge in [-0.05, 0) is 62.3 Å². The fourth-order valence-electron chi connectivity index (χ4n) is 3.20. The quantitative estimate of drug-likeness (QED) is 0.728. The minimum absolute atomic E-state index is 0.378. The Bertz CT molecular complexity index is 408. The third-order valence-corrected chi connectivity index (χ3v) is 4.18. The van der Waals surface area contributed by atoms with Gasteiger partial charge in [0.15, 0.2) is 0 Å². The smallest absolute Gasteiger partial charge is 0.120 e. The van der Waals surface area contributed by atoms with Gasteiger partial charge >= 0.3 is 0 Å². The number of aromatic hydroxyl groups is 1. The van der Waals surface area contributed by atoms with Crippen LogP contribution in [0, 0.1) is 0 Å². The number of rotatable bonds is 1. The third-order valence-electron chi connectivity index (χ3n) is 4.18. The van der Waals surface area contributed by atoms with E-state index in [1.54, 1.807) is 0 Å². The van der Waals surface area contributed by atoms with Gasteiger partial charge in [0.1, 0.15) is 5.75 Å². The lowest BCUT2D eigenvalue weighted by molar-refractivity contribution is 0.456. The Labute approximate surface area is 103 Å². The van der Waals surface area contributed by atoms with Gasteiger partial charge in [0, 0.05) is 11.6 Å². The molecule has 0 radical (unpaired) electrons. The second-order valence-corrected chi connectivity index (χ2v) is 5.39. The molecule has 0 saturated carbocycles. The number of aryl methyl sites for hydroxylation is 2. The van der Waals surface area contributed by atoms with Gasteiger partial charge in [0.2, 0.25) is 0 Å². The summed E-state index contributed by atoms with van der Waals surface area (Å²) in [6, 6.07) is 4.66. The Morgan fingerprint density at radius 3 is 2.47 bits per heavy atom. The molecule has 1 aromatic rings. The molecule has 17 heavy (non-hydrogen) atoms. The second kappa shape index (κ2) is 4.69. The first-order valence-corrected chi connectivity index (χ1v) is 6.92. The molecule has 1 saturated heterocycles. The van der Waals surface area contributed by atoms with E-state index in [-0.39, 0.29) is 0 Å². The second-order valence-electron chi connectivity index (χ2n) is 5.39. The number of nitrogens with one attached hydrogen (secondary N) is 1. The predicted octanol–water partition coefficient (Wildman–Crippen LogP) is 3.09. The minimum atomic E-state index is 0.378. The summed E-state index contributed by atoms with van der Waals surface area (Å²) in [5.74, 6) is 0.505. The van der Waals surface area contributed by atoms with Crippen LogP contribution in [0.25, 0.3) is 0 Å². The Morgan fingerprint density at radius 2 is 1.76 bits per heavy atom. The molecule has 3 rings (SSSR count). The van der Waals surface area contributed by atoms with Gasteiger partial charge < -0.3 is 10.4 Å². The fraction of sp³-hybridized carbons (Fsp3) is 0.600. The molecule has 2 aliphatic rings. The molecule has 0 bridgehead atoms.